The summed E-state index contributed by atoms with van der Waals surface area (Å²) in [6, 6.07) is 4.14. The van der Waals surface area contributed by atoms with Crippen molar-refractivity contribution in [2.24, 2.45) is 0 Å². The van der Waals surface area contributed by atoms with Crippen molar-refractivity contribution in [3.63, 3.8) is 0 Å². The van der Waals surface area contributed by atoms with Crippen molar-refractivity contribution in [3.8, 4) is 0 Å². The minimum atomic E-state index is 0.361. The molecule has 0 aliphatic carbocycles. The molecule has 0 saturated carbocycles. The van der Waals surface area contributed by atoms with Gasteiger partial charge in [-0.2, -0.15) is 11.1 Å². The van der Waals surface area contributed by atoms with Gasteiger partial charge in [0.15, 0.2) is 0 Å². The summed E-state index contributed by atoms with van der Waals surface area (Å²) in [6.45, 7) is 7.97. The van der Waals surface area contributed by atoms with Gasteiger partial charge in [0.25, 0.3) is 0 Å². The van der Waals surface area contributed by atoms with Gasteiger partial charge in [0.2, 0.25) is 8.83 Å². The molecule has 0 atom stereocenters. The highest BCUT2D eigenvalue weighted by Gasteiger charge is 2.03. The van der Waals surface area contributed by atoms with Gasteiger partial charge >= 0.3 is 0 Å². The molecule has 0 bridgehead atoms. The fourth-order valence-electron chi connectivity index (χ4n) is 1.17. The first kappa shape index (κ1) is 9.55. The first-order chi connectivity index (χ1) is 5.70. The van der Waals surface area contributed by atoms with Crippen molar-refractivity contribution in [3.05, 3.63) is 35.4 Å². The standard InChI is InChI=1S/C10H11ClSi/c1-4-9-5-6-10(12-11)8(3)7(9)2/h4-6H,1H2,2-3H3. The zero-order valence-corrected chi connectivity index (χ0v) is 9.07. The van der Waals surface area contributed by atoms with E-state index in [-0.39, 0.29) is 0 Å². The van der Waals surface area contributed by atoms with E-state index in [2.05, 4.69) is 32.6 Å². The van der Waals surface area contributed by atoms with Gasteiger partial charge in [0.05, 0.1) is 0 Å². The Labute approximate surface area is 80.8 Å². The van der Waals surface area contributed by atoms with Crippen LogP contribution in [0.2, 0.25) is 0 Å². The summed E-state index contributed by atoms with van der Waals surface area (Å²) in [4.78, 5) is 0. The van der Waals surface area contributed by atoms with Gasteiger partial charge in [-0.25, -0.2) is 0 Å². The van der Waals surface area contributed by atoms with Gasteiger partial charge < -0.3 is 0 Å². The Bertz CT molecular complexity index is 305. The number of halogens is 1. The fraction of sp³-hybridized carbons (Fsp3) is 0.200. The maximum absolute atomic E-state index is 5.80. The zero-order chi connectivity index (χ0) is 9.14. The molecule has 2 radical (unpaired) electrons. The zero-order valence-electron chi connectivity index (χ0n) is 7.32. The van der Waals surface area contributed by atoms with Gasteiger partial charge in [-0.3, -0.25) is 0 Å². The van der Waals surface area contributed by atoms with Crippen LogP contribution >= 0.6 is 11.1 Å². The van der Waals surface area contributed by atoms with Crippen molar-refractivity contribution in [1.29, 1.82) is 0 Å². The lowest BCUT2D eigenvalue weighted by Crippen LogP contribution is -2.14. The Morgan fingerprint density at radius 2 is 2.00 bits per heavy atom. The van der Waals surface area contributed by atoms with Crippen LogP contribution in [0.5, 0.6) is 0 Å². The molecule has 0 amide bonds. The molecule has 0 saturated heterocycles. The number of hydrogen-bond acceptors (Lipinski definition) is 0. The predicted molar refractivity (Wildman–Crippen MR) is 57.2 cm³/mol. The molecule has 0 heterocycles. The fourth-order valence-corrected chi connectivity index (χ4v) is 2.25. The summed E-state index contributed by atoms with van der Waals surface area (Å²) in [5, 5.41) is 1.24. The SMILES string of the molecule is C=Cc1ccc([Si]Cl)c(C)c1C. The quantitative estimate of drug-likeness (QED) is 0.501. The molecule has 0 aliphatic heterocycles. The van der Waals surface area contributed by atoms with E-state index in [0.717, 1.165) is 0 Å². The first-order valence-corrected chi connectivity index (χ1v) is 5.81. The largest absolute Gasteiger partial charge is 0.210 e. The highest BCUT2D eigenvalue weighted by Crippen LogP contribution is 2.11. The smallest absolute Gasteiger partial charge is 0.165 e. The van der Waals surface area contributed by atoms with E-state index in [1.54, 1.807) is 0 Å². The van der Waals surface area contributed by atoms with E-state index in [4.69, 9.17) is 11.1 Å². The van der Waals surface area contributed by atoms with Crippen molar-refractivity contribution in [1.82, 2.24) is 0 Å². The molecule has 2 heteroatoms. The second kappa shape index (κ2) is 3.92. The Hall–Kier alpha value is -0.533. The Kier molecular flexibility index (Phi) is 3.12. The van der Waals surface area contributed by atoms with Crippen LogP contribution in [0.3, 0.4) is 0 Å². The van der Waals surface area contributed by atoms with E-state index in [1.165, 1.54) is 21.9 Å². The lowest BCUT2D eigenvalue weighted by molar-refractivity contribution is 1.35. The maximum Gasteiger partial charge on any atom is 0.210 e. The second-order valence-electron chi connectivity index (χ2n) is 2.75. The molecule has 0 unspecified atom stereocenters. The summed E-state index contributed by atoms with van der Waals surface area (Å²) < 4.78 is 0. The van der Waals surface area contributed by atoms with Crippen LogP contribution in [0.15, 0.2) is 18.7 Å². The van der Waals surface area contributed by atoms with Crippen molar-refractivity contribution in [2.45, 2.75) is 13.8 Å². The number of benzene rings is 1. The molecule has 0 N–H and O–H groups in total. The molecular weight excluding hydrogens is 184 g/mol. The molecule has 62 valence electrons. The Morgan fingerprint density at radius 1 is 1.33 bits per heavy atom. The van der Waals surface area contributed by atoms with Gasteiger partial charge in [-0.1, -0.05) is 24.8 Å². The first-order valence-electron chi connectivity index (χ1n) is 3.80. The molecule has 0 fully saturated rings. The van der Waals surface area contributed by atoms with Gasteiger partial charge in [0, 0.05) is 0 Å². The van der Waals surface area contributed by atoms with Crippen LogP contribution in [0, 0.1) is 13.8 Å². The molecule has 0 spiro atoms. The number of hydrogen-bond donors (Lipinski definition) is 0. The molecular formula is C10H11ClSi. The summed E-state index contributed by atoms with van der Waals surface area (Å²) in [6.07, 6.45) is 1.88. The molecule has 1 aromatic rings. The van der Waals surface area contributed by atoms with Crippen molar-refractivity contribution >= 4 is 31.2 Å². The highest BCUT2D eigenvalue weighted by atomic mass is 35.6. The van der Waals surface area contributed by atoms with E-state index in [9.17, 15) is 0 Å². The third kappa shape index (κ3) is 1.62. The van der Waals surface area contributed by atoms with Crippen LogP contribution in [0.25, 0.3) is 6.08 Å². The summed E-state index contributed by atoms with van der Waals surface area (Å²) in [7, 11) is 0.361. The van der Waals surface area contributed by atoms with E-state index < -0.39 is 0 Å². The van der Waals surface area contributed by atoms with Crippen LogP contribution in [-0.2, 0) is 0 Å². The predicted octanol–water partition coefficient (Wildman–Crippen LogP) is 2.43. The monoisotopic (exact) mass is 194 g/mol. The topological polar surface area (TPSA) is 0 Å². The lowest BCUT2D eigenvalue weighted by atomic mass is 10.0. The normalized spacial score (nSPS) is 9.92. The van der Waals surface area contributed by atoms with Crippen LogP contribution in [0.4, 0.5) is 0 Å². The highest BCUT2D eigenvalue weighted by molar-refractivity contribution is 7.01. The third-order valence-corrected chi connectivity index (χ3v) is 3.51. The number of rotatable bonds is 2. The van der Waals surface area contributed by atoms with Crippen LogP contribution < -0.4 is 5.19 Å². The molecule has 0 aromatic heterocycles. The van der Waals surface area contributed by atoms with Gasteiger partial charge in [-0.15, -0.1) is 0 Å². The summed E-state index contributed by atoms with van der Waals surface area (Å²) in [5.41, 5.74) is 3.78. The minimum Gasteiger partial charge on any atom is -0.165 e. The van der Waals surface area contributed by atoms with E-state index >= 15 is 0 Å². The third-order valence-electron chi connectivity index (χ3n) is 2.15. The minimum absolute atomic E-state index is 0.361. The Balaban J connectivity index is 3.29. The molecule has 12 heavy (non-hydrogen) atoms. The molecule has 1 rings (SSSR count). The average Bonchev–Trinajstić information content (AvgIpc) is 2.10. The second-order valence-corrected chi connectivity index (χ2v) is 4.05. The molecule has 0 nitrogen and oxygen atoms in total. The average molecular weight is 195 g/mol. The maximum atomic E-state index is 5.80. The lowest BCUT2D eigenvalue weighted by Gasteiger charge is -2.07. The van der Waals surface area contributed by atoms with Crippen molar-refractivity contribution < 1.29 is 0 Å². The van der Waals surface area contributed by atoms with Crippen LogP contribution in [-0.4, -0.2) is 8.83 Å². The molecule has 0 aliphatic rings. The van der Waals surface area contributed by atoms with Crippen LogP contribution in [0.1, 0.15) is 16.7 Å². The van der Waals surface area contributed by atoms with E-state index in [1.807, 2.05) is 6.08 Å². The summed E-state index contributed by atoms with van der Waals surface area (Å²) in [5.74, 6) is 0. The van der Waals surface area contributed by atoms with Gasteiger partial charge in [-0.05, 0) is 35.7 Å². The van der Waals surface area contributed by atoms with Gasteiger partial charge in [0.1, 0.15) is 0 Å². The Morgan fingerprint density at radius 3 is 2.50 bits per heavy atom. The van der Waals surface area contributed by atoms with E-state index in [0.29, 0.717) is 8.83 Å². The molecule has 1 aromatic carbocycles. The summed E-state index contributed by atoms with van der Waals surface area (Å²) >= 11 is 5.80. The van der Waals surface area contributed by atoms with Crippen molar-refractivity contribution in [2.75, 3.05) is 0 Å².